The van der Waals surface area contributed by atoms with Crippen LogP contribution in [0.15, 0.2) is 54.6 Å². The molecule has 0 saturated carbocycles. The van der Waals surface area contributed by atoms with Crippen LogP contribution in [0.5, 0.6) is 0 Å². The molecule has 2 aromatic carbocycles. The van der Waals surface area contributed by atoms with E-state index >= 15 is 0 Å². The van der Waals surface area contributed by atoms with Gasteiger partial charge in [-0.2, -0.15) is 0 Å². The Bertz CT molecular complexity index is 1050. The highest BCUT2D eigenvalue weighted by Gasteiger charge is 2.15. The number of amides is 1. The second kappa shape index (κ2) is 8.97. The minimum Gasteiger partial charge on any atom is -0.462 e. The zero-order valence-electron chi connectivity index (χ0n) is 16.5. The molecule has 0 saturated heterocycles. The minimum absolute atomic E-state index is 0.218. The van der Waals surface area contributed by atoms with E-state index in [0.29, 0.717) is 22.6 Å². The molecular formula is C22H22N4O3. The lowest BCUT2D eigenvalue weighted by molar-refractivity contribution is 0.0527. The van der Waals surface area contributed by atoms with Gasteiger partial charge in [0.25, 0.3) is 5.91 Å². The molecule has 148 valence electrons. The number of aryl methyl sites for hydroxylation is 2. The highest BCUT2D eigenvalue weighted by atomic mass is 16.5. The highest BCUT2D eigenvalue weighted by Crippen LogP contribution is 2.20. The zero-order chi connectivity index (χ0) is 20.8. The first kappa shape index (κ1) is 20.0. The summed E-state index contributed by atoms with van der Waals surface area (Å²) in [5.41, 5.74) is 3.43. The summed E-state index contributed by atoms with van der Waals surface area (Å²) in [6, 6.07) is 16.0. The first-order valence-corrected chi connectivity index (χ1v) is 9.23. The van der Waals surface area contributed by atoms with Crippen LogP contribution in [0.2, 0.25) is 0 Å². The fourth-order valence-electron chi connectivity index (χ4n) is 2.76. The molecule has 0 atom stereocenters. The Hall–Kier alpha value is -3.74. The number of esters is 1. The third-order valence-corrected chi connectivity index (χ3v) is 4.03. The third kappa shape index (κ3) is 5.16. The first-order chi connectivity index (χ1) is 14.0. The normalized spacial score (nSPS) is 10.3. The van der Waals surface area contributed by atoms with Crippen LogP contribution >= 0.6 is 0 Å². The number of carbonyl (C=O) groups excluding carboxylic acids is 2. The Morgan fingerprint density at radius 3 is 2.55 bits per heavy atom. The summed E-state index contributed by atoms with van der Waals surface area (Å²) in [6.45, 7) is 5.75. The number of anilines is 3. The molecule has 1 amide bonds. The van der Waals surface area contributed by atoms with Crippen molar-refractivity contribution < 1.29 is 14.3 Å². The van der Waals surface area contributed by atoms with Gasteiger partial charge in [0.15, 0.2) is 0 Å². The Morgan fingerprint density at radius 2 is 1.79 bits per heavy atom. The molecule has 7 nitrogen and oxygen atoms in total. The van der Waals surface area contributed by atoms with Gasteiger partial charge < -0.3 is 15.4 Å². The number of ether oxygens (including phenoxy) is 1. The lowest BCUT2D eigenvalue weighted by Gasteiger charge is -2.12. The average Bonchev–Trinajstić information content (AvgIpc) is 2.68. The summed E-state index contributed by atoms with van der Waals surface area (Å²) < 4.78 is 5.08. The van der Waals surface area contributed by atoms with E-state index in [9.17, 15) is 9.59 Å². The monoisotopic (exact) mass is 390 g/mol. The summed E-state index contributed by atoms with van der Waals surface area (Å²) in [5, 5.41) is 5.85. The molecule has 0 aliphatic carbocycles. The van der Waals surface area contributed by atoms with Gasteiger partial charge in [-0.1, -0.05) is 24.3 Å². The van der Waals surface area contributed by atoms with Crippen LogP contribution < -0.4 is 10.6 Å². The molecule has 0 bridgehead atoms. The molecule has 29 heavy (non-hydrogen) atoms. The molecule has 0 fully saturated rings. The van der Waals surface area contributed by atoms with Crippen molar-refractivity contribution in [1.29, 1.82) is 0 Å². The smallest absolute Gasteiger partial charge is 0.340 e. The highest BCUT2D eigenvalue weighted by molar-refractivity contribution is 6.03. The van der Waals surface area contributed by atoms with Crippen molar-refractivity contribution in [1.82, 2.24) is 9.97 Å². The zero-order valence-corrected chi connectivity index (χ0v) is 16.5. The van der Waals surface area contributed by atoms with E-state index in [1.165, 1.54) is 0 Å². The molecule has 0 aliphatic rings. The van der Waals surface area contributed by atoms with Crippen molar-refractivity contribution in [2.24, 2.45) is 0 Å². The van der Waals surface area contributed by atoms with E-state index in [1.54, 1.807) is 44.2 Å². The van der Waals surface area contributed by atoms with E-state index in [0.717, 1.165) is 5.56 Å². The van der Waals surface area contributed by atoms with Gasteiger partial charge in [-0.3, -0.25) is 4.79 Å². The van der Waals surface area contributed by atoms with Crippen molar-refractivity contribution in [3.8, 4) is 0 Å². The second-order valence-corrected chi connectivity index (χ2v) is 6.43. The molecule has 0 unspecified atom stereocenters. The van der Waals surface area contributed by atoms with E-state index in [1.807, 2.05) is 31.2 Å². The number of hydrogen-bond acceptors (Lipinski definition) is 6. The largest absolute Gasteiger partial charge is 0.462 e. The number of para-hydroxylation sites is 1. The minimum atomic E-state index is -0.444. The van der Waals surface area contributed by atoms with Crippen LogP contribution in [-0.4, -0.2) is 28.5 Å². The van der Waals surface area contributed by atoms with Crippen LogP contribution in [0, 0.1) is 13.8 Å². The van der Waals surface area contributed by atoms with Crippen molar-refractivity contribution in [2.75, 3.05) is 17.2 Å². The molecule has 3 rings (SSSR count). The van der Waals surface area contributed by atoms with Gasteiger partial charge in [0.2, 0.25) is 5.95 Å². The van der Waals surface area contributed by atoms with Crippen LogP contribution in [-0.2, 0) is 4.74 Å². The van der Waals surface area contributed by atoms with Crippen molar-refractivity contribution in [3.63, 3.8) is 0 Å². The Morgan fingerprint density at radius 1 is 1.00 bits per heavy atom. The SMILES string of the molecule is CCOC(=O)c1ccccc1Nc1nc(C)cc(C(=O)Nc2cccc(C)c2)n1. The molecule has 0 aliphatic heterocycles. The van der Waals surface area contributed by atoms with Gasteiger partial charge in [0, 0.05) is 11.4 Å². The van der Waals surface area contributed by atoms with Gasteiger partial charge >= 0.3 is 5.97 Å². The molecule has 2 N–H and O–H groups in total. The fraction of sp³-hybridized carbons (Fsp3) is 0.182. The Labute approximate surface area is 169 Å². The molecular weight excluding hydrogens is 368 g/mol. The number of benzene rings is 2. The lowest BCUT2D eigenvalue weighted by Crippen LogP contribution is -2.16. The van der Waals surface area contributed by atoms with Gasteiger partial charge in [0.1, 0.15) is 5.69 Å². The summed E-state index contributed by atoms with van der Waals surface area (Å²) in [5.74, 6) is -0.570. The van der Waals surface area contributed by atoms with E-state index < -0.39 is 5.97 Å². The standard InChI is InChI=1S/C22H22N4O3/c1-4-29-21(28)17-10-5-6-11-18(17)25-22-23-15(3)13-19(26-22)20(27)24-16-9-7-8-14(2)12-16/h5-13H,4H2,1-3H3,(H,24,27)(H,23,25,26). The predicted octanol–water partition coefficient (Wildman–Crippen LogP) is 4.27. The number of aromatic nitrogens is 2. The molecule has 1 heterocycles. The molecule has 1 aromatic heterocycles. The van der Waals surface area contributed by atoms with Crippen LogP contribution in [0.25, 0.3) is 0 Å². The van der Waals surface area contributed by atoms with Crippen LogP contribution in [0.1, 0.15) is 39.0 Å². The fourth-order valence-corrected chi connectivity index (χ4v) is 2.76. The number of carbonyl (C=O) groups is 2. The summed E-state index contributed by atoms with van der Waals surface area (Å²) in [4.78, 5) is 33.4. The molecule has 3 aromatic rings. The maximum Gasteiger partial charge on any atom is 0.340 e. The van der Waals surface area contributed by atoms with E-state index in [-0.39, 0.29) is 24.2 Å². The van der Waals surface area contributed by atoms with Gasteiger partial charge in [0.05, 0.1) is 17.9 Å². The average molecular weight is 390 g/mol. The Balaban J connectivity index is 1.85. The summed E-state index contributed by atoms with van der Waals surface area (Å²) >= 11 is 0. The second-order valence-electron chi connectivity index (χ2n) is 6.43. The van der Waals surface area contributed by atoms with Gasteiger partial charge in [-0.15, -0.1) is 0 Å². The number of rotatable bonds is 6. The quantitative estimate of drug-likeness (QED) is 0.611. The maximum atomic E-state index is 12.6. The number of nitrogens with one attached hydrogen (secondary N) is 2. The first-order valence-electron chi connectivity index (χ1n) is 9.23. The van der Waals surface area contributed by atoms with Crippen molar-refractivity contribution >= 4 is 29.2 Å². The van der Waals surface area contributed by atoms with Crippen molar-refractivity contribution in [2.45, 2.75) is 20.8 Å². The van der Waals surface area contributed by atoms with E-state index in [2.05, 4.69) is 20.6 Å². The molecule has 7 heteroatoms. The van der Waals surface area contributed by atoms with Gasteiger partial charge in [-0.25, -0.2) is 14.8 Å². The predicted molar refractivity (Wildman–Crippen MR) is 112 cm³/mol. The van der Waals surface area contributed by atoms with Gasteiger partial charge in [-0.05, 0) is 56.7 Å². The Kier molecular flexibility index (Phi) is 6.19. The third-order valence-electron chi connectivity index (χ3n) is 4.03. The lowest BCUT2D eigenvalue weighted by atomic mass is 10.2. The maximum absolute atomic E-state index is 12.6. The van der Waals surface area contributed by atoms with Crippen molar-refractivity contribution in [3.05, 3.63) is 77.1 Å². The number of nitrogens with zero attached hydrogens (tertiary/aromatic N) is 2. The van der Waals surface area contributed by atoms with E-state index in [4.69, 9.17) is 4.74 Å². The molecule has 0 radical (unpaired) electrons. The summed E-state index contributed by atoms with van der Waals surface area (Å²) in [6.07, 6.45) is 0. The molecule has 0 spiro atoms. The topological polar surface area (TPSA) is 93.2 Å². The van der Waals surface area contributed by atoms with Crippen LogP contribution in [0.3, 0.4) is 0 Å². The summed E-state index contributed by atoms with van der Waals surface area (Å²) in [7, 11) is 0. The number of hydrogen-bond donors (Lipinski definition) is 2. The van der Waals surface area contributed by atoms with Crippen LogP contribution in [0.4, 0.5) is 17.3 Å².